The molecule has 1 saturated carbocycles. The normalized spacial score (nSPS) is 25.8. The van der Waals surface area contributed by atoms with Crippen molar-refractivity contribution in [3.63, 3.8) is 0 Å². The Labute approximate surface area is 150 Å². The fourth-order valence-electron chi connectivity index (χ4n) is 4.56. The van der Waals surface area contributed by atoms with Gasteiger partial charge in [0.15, 0.2) is 0 Å². The number of piperazine rings is 1. The molecule has 1 unspecified atom stereocenters. The molecule has 0 aromatic carbocycles. The standard InChI is InChI=1S/C19H30N4O2/c1-21-13-16(18(20-21)15-5-2-3-6-15)14-22-8-10-23(11-9-22)19(24)17-7-4-12-25-17/h13,15,17H,2-12,14H2,1H3. The van der Waals surface area contributed by atoms with E-state index in [9.17, 15) is 4.79 Å². The van der Waals surface area contributed by atoms with E-state index in [4.69, 9.17) is 9.84 Å². The monoisotopic (exact) mass is 346 g/mol. The van der Waals surface area contributed by atoms with Gasteiger partial charge in [-0.3, -0.25) is 14.4 Å². The fraction of sp³-hybridized carbons (Fsp3) is 0.789. The van der Waals surface area contributed by atoms with Crippen molar-refractivity contribution in [1.82, 2.24) is 19.6 Å². The van der Waals surface area contributed by atoms with Gasteiger partial charge >= 0.3 is 0 Å². The zero-order valence-electron chi connectivity index (χ0n) is 15.3. The predicted molar refractivity (Wildman–Crippen MR) is 95.2 cm³/mol. The van der Waals surface area contributed by atoms with Crippen molar-refractivity contribution in [3.8, 4) is 0 Å². The molecule has 3 heterocycles. The maximum atomic E-state index is 12.5. The summed E-state index contributed by atoms with van der Waals surface area (Å²) in [6.07, 6.45) is 9.16. The van der Waals surface area contributed by atoms with Crippen LogP contribution in [0.3, 0.4) is 0 Å². The average molecular weight is 346 g/mol. The Kier molecular flexibility index (Phi) is 5.08. The molecule has 0 spiro atoms. The Morgan fingerprint density at radius 2 is 1.92 bits per heavy atom. The number of aromatic nitrogens is 2. The molecule has 138 valence electrons. The van der Waals surface area contributed by atoms with Crippen LogP contribution in [0, 0.1) is 0 Å². The molecule has 3 fully saturated rings. The summed E-state index contributed by atoms with van der Waals surface area (Å²) in [5.74, 6) is 0.851. The molecule has 3 aliphatic rings. The minimum atomic E-state index is -0.182. The Balaban J connectivity index is 1.33. The second-order valence-electron chi connectivity index (χ2n) is 7.80. The molecule has 2 saturated heterocycles. The number of rotatable bonds is 4. The zero-order valence-corrected chi connectivity index (χ0v) is 15.3. The van der Waals surface area contributed by atoms with E-state index in [2.05, 4.69) is 11.1 Å². The summed E-state index contributed by atoms with van der Waals surface area (Å²) >= 11 is 0. The Morgan fingerprint density at radius 3 is 2.60 bits per heavy atom. The molecule has 25 heavy (non-hydrogen) atoms. The number of amides is 1. The molecule has 0 N–H and O–H groups in total. The third-order valence-electron chi connectivity index (χ3n) is 5.96. The lowest BCUT2D eigenvalue weighted by atomic mass is 10.00. The van der Waals surface area contributed by atoms with Crippen LogP contribution < -0.4 is 0 Å². The summed E-state index contributed by atoms with van der Waals surface area (Å²) < 4.78 is 7.52. The highest BCUT2D eigenvalue weighted by atomic mass is 16.5. The summed E-state index contributed by atoms with van der Waals surface area (Å²) in [5, 5.41) is 4.76. The van der Waals surface area contributed by atoms with Crippen LogP contribution in [-0.2, 0) is 23.1 Å². The fourth-order valence-corrected chi connectivity index (χ4v) is 4.56. The van der Waals surface area contributed by atoms with Crippen LogP contribution in [-0.4, -0.2) is 64.4 Å². The van der Waals surface area contributed by atoms with E-state index in [0.29, 0.717) is 5.92 Å². The van der Waals surface area contributed by atoms with Crippen molar-refractivity contribution in [2.75, 3.05) is 32.8 Å². The highest BCUT2D eigenvalue weighted by Gasteiger charge is 2.31. The smallest absolute Gasteiger partial charge is 0.251 e. The van der Waals surface area contributed by atoms with Crippen LogP contribution >= 0.6 is 0 Å². The molecule has 6 nitrogen and oxygen atoms in total. The Bertz CT molecular complexity index is 595. The lowest BCUT2D eigenvalue weighted by Gasteiger charge is -2.35. The number of carbonyl (C=O) groups excluding carboxylic acids is 1. The lowest BCUT2D eigenvalue weighted by Crippen LogP contribution is -2.51. The quantitative estimate of drug-likeness (QED) is 0.836. The molecule has 2 aliphatic heterocycles. The predicted octanol–water partition coefficient (Wildman–Crippen LogP) is 1.90. The number of nitrogens with zero attached hydrogens (tertiary/aromatic N) is 4. The zero-order chi connectivity index (χ0) is 17.2. The van der Waals surface area contributed by atoms with Crippen LogP contribution in [0.15, 0.2) is 6.20 Å². The Morgan fingerprint density at radius 1 is 1.16 bits per heavy atom. The van der Waals surface area contributed by atoms with E-state index < -0.39 is 0 Å². The van der Waals surface area contributed by atoms with E-state index in [-0.39, 0.29) is 12.0 Å². The molecule has 1 aromatic heterocycles. The maximum Gasteiger partial charge on any atom is 0.251 e. The summed E-state index contributed by atoms with van der Waals surface area (Å²) in [6, 6.07) is 0. The molecule has 4 rings (SSSR count). The third-order valence-corrected chi connectivity index (χ3v) is 5.96. The second kappa shape index (κ2) is 7.46. The molecule has 0 bridgehead atoms. The summed E-state index contributed by atoms with van der Waals surface area (Å²) in [5.41, 5.74) is 2.70. The van der Waals surface area contributed by atoms with Crippen molar-refractivity contribution >= 4 is 5.91 Å². The maximum absolute atomic E-state index is 12.5. The van der Waals surface area contributed by atoms with Gasteiger partial charge in [-0.2, -0.15) is 5.10 Å². The van der Waals surface area contributed by atoms with Crippen LogP contribution in [0.4, 0.5) is 0 Å². The first-order chi connectivity index (χ1) is 12.2. The summed E-state index contributed by atoms with van der Waals surface area (Å²) in [6.45, 7) is 5.22. The molecule has 1 amide bonds. The highest BCUT2D eigenvalue weighted by Crippen LogP contribution is 2.35. The van der Waals surface area contributed by atoms with E-state index in [0.717, 1.165) is 52.2 Å². The number of ether oxygens (including phenoxy) is 1. The van der Waals surface area contributed by atoms with Crippen molar-refractivity contribution < 1.29 is 9.53 Å². The van der Waals surface area contributed by atoms with E-state index in [1.54, 1.807) is 0 Å². The first-order valence-electron chi connectivity index (χ1n) is 9.86. The first kappa shape index (κ1) is 17.0. The van der Waals surface area contributed by atoms with Gasteiger partial charge in [-0.25, -0.2) is 0 Å². The SMILES string of the molecule is Cn1cc(CN2CCN(C(=O)C3CCCO3)CC2)c(C2CCCC2)n1. The largest absolute Gasteiger partial charge is 0.368 e. The number of aryl methyl sites for hydroxylation is 1. The Hall–Kier alpha value is -1.40. The molecule has 1 aliphatic carbocycles. The highest BCUT2D eigenvalue weighted by molar-refractivity contribution is 5.81. The van der Waals surface area contributed by atoms with Gasteiger partial charge in [0.1, 0.15) is 6.10 Å². The second-order valence-corrected chi connectivity index (χ2v) is 7.80. The molecule has 0 radical (unpaired) electrons. The van der Waals surface area contributed by atoms with Crippen LogP contribution in [0.5, 0.6) is 0 Å². The summed E-state index contributed by atoms with van der Waals surface area (Å²) in [7, 11) is 2.03. The number of carbonyl (C=O) groups is 1. The van der Waals surface area contributed by atoms with Gasteiger partial charge in [-0.1, -0.05) is 12.8 Å². The first-order valence-corrected chi connectivity index (χ1v) is 9.86. The molecular formula is C19H30N4O2. The average Bonchev–Trinajstić information content (AvgIpc) is 3.37. The van der Waals surface area contributed by atoms with Gasteiger partial charge in [-0.05, 0) is 25.7 Å². The number of hydrogen-bond acceptors (Lipinski definition) is 4. The van der Waals surface area contributed by atoms with Gasteiger partial charge in [0.05, 0.1) is 5.69 Å². The van der Waals surface area contributed by atoms with E-state index >= 15 is 0 Å². The van der Waals surface area contributed by atoms with Gasteiger partial charge < -0.3 is 9.64 Å². The van der Waals surface area contributed by atoms with Gasteiger partial charge in [0.2, 0.25) is 0 Å². The van der Waals surface area contributed by atoms with Crippen molar-refractivity contribution in [2.45, 2.75) is 57.1 Å². The van der Waals surface area contributed by atoms with Gasteiger partial charge in [0.25, 0.3) is 5.91 Å². The van der Waals surface area contributed by atoms with Crippen molar-refractivity contribution in [2.24, 2.45) is 7.05 Å². The topological polar surface area (TPSA) is 50.6 Å². The molecule has 6 heteroatoms. The number of hydrogen-bond donors (Lipinski definition) is 0. The van der Waals surface area contributed by atoms with Crippen LogP contribution in [0.2, 0.25) is 0 Å². The van der Waals surface area contributed by atoms with Crippen molar-refractivity contribution in [1.29, 1.82) is 0 Å². The minimum absolute atomic E-state index is 0.182. The van der Waals surface area contributed by atoms with E-state index in [1.165, 1.54) is 36.9 Å². The van der Waals surface area contributed by atoms with Crippen LogP contribution in [0.25, 0.3) is 0 Å². The van der Waals surface area contributed by atoms with Crippen LogP contribution in [0.1, 0.15) is 55.7 Å². The molecule has 1 aromatic rings. The molecular weight excluding hydrogens is 316 g/mol. The van der Waals surface area contributed by atoms with Gasteiger partial charge in [0, 0.05) is 64.1 Å². The van der Waals surface area contributed by atoms with Crippen molar-refractivity contribution in [3.05, 3.63) is 17.5 Å². The molecule has 1 atom stereocenters. The summed E-state index contributed by atoms with van der Waals surface area (Å²) in [4.78, 5) is 16.9. The van der Waals surface area contributed by atoms with E-state index in [1.807, 2.05) is 16.6 Å². The van der Waals surface area contributed by atoms with Gasteiger partial charge in [-0.15, -0.1) is 0 Å². The lowest BCUT2D eigenvalue weighted by molar-refractivity contribution is -0.142. The minimum Gasteiger partial charge on any atom is -0.368 e. The third kappa shape index (κ3) is 3.75.